The SMILES string of the molecule is CCCNC(=O)C1CCCOC1C. The van der Waals surface area contributed by atoms with Gasteiger partial charge >= 0.3 is 0 Å². The molecular formula is C10H19NO2. The first kappa shape index (κ1) is 10.5. The van der Waals surface area contributed by atoms with E-state index in [0.717, 1.165) is 32.4 Å². The van der Waals surface area contributed by atoms with Gasteiger partial charge in [0.1, 0.15) is 0 Å². The number of carbonyl (C=O) groups is 1. The van der Waals surface area contributed by atoms with E-state index in [-0.39, 0.29) is 17.9 Å². The summed E-state index contributed by atoms with van der Waals surface area (Å²) in [7, 11) is 0. The van der Waals surface area contributed by atoms with Crippen LogP contribution < -0.4 is 5.32 Å². The van der Waals surface area contributed by atoms with Crippen LogP contribution in [-0.2, 0) is 9.53 Å². The smallest absolute Gasteiger partial charge is 0.225 e. The van der Waals surface area contributed by atoms with Gasteiger partial charge in [-0.2, -0.15) is 0 Å². The Balaban J connectivity index is 2.35. The minimum Gasteiger partial charge on any atom is -0.378 e. The molecule has 0 aliphatic carbocycles. The van der Waals surface area contributed by atoms with Gasteiger partial charge in [0.05, 0.1) is 12.0 Å². The van der Waals surface area contributed by atoms with Crippen LogP contribution in [0.1, 0.15) is 33.1 Å². The molecule has 0 bridgehead atoms. The van der Waals surface area contributed by atoms with E-state index < -0.39 is 0 Å². The Morgan fingerprint density at radius 3 is 3.00 bits per heavy atom. The fourth-order valence-corrected chi connectivity index (χ4v) is 1.65. The van der Waals surface area contributed by atoms with Crippen LogP contribution >= 0.6 is 0 Å². The van der Waals surface area contributed by atoms with Crippen molar-refractivity contribution in [3.8, 4) is 0 Å². The Morgan fingerprint density at radius 1 is 1.62 bits per heavy atom. The lowest BCUT2D eigenvalue weighted by Crippen LogP contribution is -2.40. The maximum Gasteiger partial charge on any atom is 0.225 e. The predicted molar refractivity (Wildman–Crippen MR) is 51.4 cm³/mol. The Bertz CT molecular complexity index is 170. The zero-order chi connectivity index (χ0) is 9.68. The van der Waals surface area contributed by atoms with E-state index in [9.17, 15) is 4.79 Å². The van der Waals surface area contributed by atoms with Crippen LogP contribution in [-0.4, -0.2) is 25.2 Å². The van der Waals surface area contributed by atoms with Crippen LogP contribution in [0.5, 0.6) is 0 Å². The van der Waals surface area contributed by atoms with E-state index in [1.54, 1.807) is 0 Å². The molecule has 0 spiro atoms. The molecule has 1 amide bonds. The summed E-state index contributed by atoms with van der Waals surface area (Å²) in [6.45, 7) is 5.62. The van der Waals surface area contributed by atoms with Crippen molar-refractivity contribution in [3.05, 3.63) is 0 Å². The number of carbonyl (C=O) groups excluding carboxylic acids is 1. The summed E-state index contributed by atoms with van der Waals surface area (Å²) in [6.07, 6.45) is 3.06. The van der Waals surface area contributed by atoms with E-state index in [0.29, 0.717) is 0 Å². The molecule has 3 nitrogen and oxygen atoms in total. The third-order valence-corrected chi connectivity index (χ3v) is 2.49. The predicted octanol–water partition coefficient (Wildman–Crippen LogP) is 1.33. The zero-order valence-corrected chi connectivity index (χ0v) is 8.51. The molecule has 2 atom stereocenters. The monoisotopic (exact) mass is 185 g/mol. The molecular weight excluding hydrogens is 166 g/mol. The quantitative estimate of drug-likeness (QED) is 0.720. The highest BCUT2D eigenvalue weighted by molar-refractivity contribution is 5.79. The molecule has 1 N–H and O–H groups in total. The minimum atomic E-state index is 0.0697. The van der Waals surface area contributed by atoms with E-state index >= 15 is 0 Å². The molecule has 1 rings (SSSR count). The highest BCUT2D eigenvalue weighted by atomic mass is 16.5. The van der Waals surface area contributed by atoms with Gasteiger partial charge in [-0.3, -0.25) is 4.79 Å². The molecule has 1 saturated heterocycles. The lowest BCUT2D eigenvalue weighted by Gasteiger charge is -2.27. The highest BCUT2D eigenvalue weighted by Crippen LogP contribution is 2.20. The van der Waals surface area contributed by atoms with E-state index in [1.807, 2.05) is 6.92 Å². The Hall–Kier alpha value is -0.570. The molecule has 1 aliphatic rings. The Morgan fingerprint density at radius 2 is 2.38 bits per heavy atom. The molecule has 0 saturated carbocycles. The van der Waals surface area contributed by atoms with Gasteiger partial charge in [-0.1, -0.05) is 6.92 Å². The van der Waals surface area contributed by atoms with Gasteiger partial charge in [0.15, 0.2) is 0 Å². The lowest BCUT2D eigenvalue weighted by molar-refractivity contribution is -0.133. The number of ether oxygens (including phenoxy) is 1. The van der Waals surface area contributed by atoms with Gasteiger partial charge in [-0.15, -0.1) is 0 Å². The van der Waals surface area contributed by atoms with E-state index in [1.165, 1.54) is 0 Å². The Kier molecular flexibility index (Phi) is 4.22. The van der Waals surface area contributed by atoms with Crippen molar-refractivity contribution in [1.29, 1.82) is 0 Å². The summed E-state index contributed by atoms with van der Waals surface area (Å²) in [5.41, 5.74) is 0. The fourth-order valence-electron chi connectivity index (χ4n) is 1.65. The average Bonchev–Trinajstić information content (AvgIpc) is 2.15. The first-order valence-electron chi connectivity index (χ1n) is 5.15. The third kappa shape index (κ3) is 2.99. The van der Waals surface area contributed by atoms with Crippen molar-refractivity contribution in [1.82, 2.24) is 5.32 Å². The standard InChI is InChI=1S/C10H19NO2/c1-3-6-11-10(12)9-5-4-7-13-8(9)2/h8-9H,3-7H2,1-2H3,(H,11,12). The first-order valence-corrected chi connectivity index (χ1v) is 5.15. The minimum absolute atomic E-state index is 0.0697. The van der Waals surface area contributed by atoms with Crippen LogP contribution in [0.2, 0.25) is 0 Å². The number of hydrogen-bond acceptors (Lipinski definition) is 2. The van der Waals surface area contributed by atoms with E-state index in [4.69, 9.17) is 4.74 Å². The van der Waals surface area contributed by atoms with Gasteiger partial charge in [0, 0.05) is 13.2 Å². The van der Waals surface area contributed by atoms with Crippen molar-refractivity contribution in [2.24, 2.45) is 5.92 Å². The number of amides is 1. The normalized spacial score (nSPS) is 28.5. The van der Waals surface area contributed by atoms with Crippen LogP contribution in [0.25, 0.3) is 0 Å². The maximum absolute atomic E-state index is 11.6. The average molecular weight is 185 g/mol. The molecule has 0 aromatic carbocycles. The lowest BCUT2D eigenvalue weighted by atomic mass is 9.94. The van der Waals surface area contributed by atoms with Crippen molar-refractivity contribution in [2.45, 2.75) is 39.2 Å². The third-order valence-electron chi connectivity index (χ3n) is 2.49. The largest absolute Gasteiger partial charge is 0.378 e. The number of hydrogen-bond donors (Lipinski definition) is 1. The van der Waals surface area contributed by atoms with Crippen LogP contribution in [0.15, 0.2) is 0 Å². The molecule has 0 aromatic heterocycles. The highest BCUT2D eigenvalue weighted by Gasteiger charge is 2.27. The van der Waals surface area contributed by atoms with Crippen LogP contribution in [0.4, 0.5) is 0 Å². The van der Waals surface area contributed by atoms with Crippen molar-refractivity contribution < 1.29 is 9.53 Å². The Labute approximate surface area is 79.8 Å². The van der Waals surface area contributed by atoms with Crippen LogP contribution in [0, 0.1) is 5.92 Å². The molecule has 13 heavy (non-hydrogen) atoms. The number of rotatable bonds is 3. The van der Waals surface area contributed by atoms with Gasteiger partial charge in [-0.05, 0) is 26.2 Å². The summed E-state index contributed by atoms with van der Waals surface area (Å²) >= 11 is 0. The van der Waals surface area contributed by atoms with E-state index in [2.05, 4.69) is 12.2 Å². The summed E-state index contributed by atoms with van der Waals surface area (Å²) in [4.78, 5) is 11.6. The molecule has 0 radical (unpaired) electrons. The van der Waals surface area contributed by atoms with Gasteiger partial charge in [0.25, 0.3) is 0 Å². The molecule has 3 heteroatoms. The topological polar surface area (TPSA) is 38.3 Å². The second-order valence-electron chi connectivity index (χ2n) is 3.62. The maximum atomic E-state index is 11.6. The number of nitrogens with one attached hydrogen (secondary N) is 1. The molecule has 2 unspecified atom stereocenters. The first-order chi connectivity index (χ1) is 6.25. The van der Waals surface area contributed by atoms with Crippen molar-refractivity contribution in [2.75, 3.05) is 13.2 Å². The van der Waals surface area contributed by atoms with Crippen LogP contribution in [0.3, 0.4) is 0 Å². The van der Waals surface area contributed by atoms with Gasteiger partial charge < -0.3 is 10.1 Å². The molecule has 1 aliphatic heterocycles. The van der Waals surface area contributed by atoms with Crippen molar-refractivity contribution in [3.63, 3.8) is 0 Å². The summed E-state index contributed by atoms with van der Waals surface area (Å²) < 4.78 is 5.43. The van der Waals surface area contributed by atoms with Crippen molar-refractivity contribution >= 4 is 5.91 Å². The summed E-state index contributed by atoms with van der Waals surface area (Å²) in [6, 6.07) is 0. The molecule has 1 heterocycles. The second kappa shape index (κ2) is 5.22. The fraction of sp³-hybridized carbons (Fsp3) is 0.900. The second-order valence-corrected chi connectivity index (χ2v) is 3.62. The molecule has 76 valence electrons. The van der Waals surface area contributed by atoms with Gasteiger partial charge in [0.2, 0.25) is 5.91 Å². The summed E-state index contributed by atoms with van der Waals surface area (Å²) in [5, 5.41) is 2.91. The molecule has 0 aromatic rings. The molecule has 1 fully saturated rings. The summed E-state index contributed by atoms with van der Waals surface area (Å²) in [5.74, 6) is 0.231. The van der Waals surface area contributed by atoms with Gasteiger partial charge in [-0.25, -0.2) is 0 Å². The zero-order valence-electron chi connectivity index (χ0n) is 8.51.